The molecule has 0 atom stereocenters. The molecule has 1 aromatic rings. The van der Waals surface area contributed by atoms with E-state index in [-0.39, 0.29) is 29.0 Å². The second-order valence-corrected chi connectivity index (χ2v) is 4.85. The van der Waals surface area contributed by atoms with Gasteiger partial charge in [0, 0.05) is 25.1 Å². The zero-order chi connectivity index (χ0) is 15.4. The second kappa shape index (κ2) is 6.31. The van der Waals surface area contributed by atoms with Crippen molar-refractivity contribution in [2.24, 2.45) is 11.8 Å². The Morgan fingerprint density at radius 3 is 2.48 bits per heavy atom. The molecular formula is C13H16N4O4. The highest BCUT2D eigenvalue weighted by Crippen LogP contribution is 2.23. The van der Waals surface area contributed by atoms with E-state index in [9.17, 15) is 19.7 Å². The minimum atomic E-state index is -0.568. The highest BCUT2D eigenvalue weighted by Gasteiger charge is 2.30. The van der Waals surface area contributed by atoms with Gasteiger partial charge >= 0.3 is 0 Å². The number of nitro groups is 1. The molecule has 3 N–H and O–H groups in total. The SMILES string of the molecule is NNC(=O)C1CCN(C(=O)c2ccccc2[N+](=O)[O-])CC1. The standard InChI is InChI=1S/C13H16N4O4/c14-15-12(18)9-5-7-16(8-6-9)13(19)10-3-1-2-4-11(10)17(20)21/h1-4,9H,5-8,14H2,(H,15,18). The number of rotatable bonds is 3. The first kappa shape index (κ1) is 14.9. The third-order valence-corrected chi connectivity index (χ3v) is 3.63. The number of likely N-dealkylation sites (tertiary alicyclic amines) is 1. The van der Waals surface area contributed by atoms with Crippen LogP contribution in [0.15, 0.2) is 24.3 Å². The van der Waals surface area contributed by atoms with Crippen molar-refractivity contribution in [2.75, 3.05) is 13.1 Å². The smallest absolute Gasteiger partial charge is 0.282 e. The Kier molecular flexibility index (Phi) is 4.49. The van der Waals surface area contributed by atoms with Crippen LogP contribution >= 0.6 is 0 Å². The average molecular weight is 292 g/mol. The Morgan fingerprint density at radius 1 is 1.29 bits per heavy atom. The lowest BCUT2D eigenvalue weighted by atomic mass is 9.95. The molecule has 0 unspecified atom stereocenters. The van der Waals surface area contributed by atoms with E-state index >= 15 is 0 Å². The second-order valence-electron chi connectivity index (χ2n) is 4.85. The maximum Gasteiger partial charge on any atom is 0.282 e. The van der Waals surface area contributed by atoms with E-state index in [1.807, 2.05) is 0 Å². The molecule has 2 rings (SSSR count). The summed E-state index contributed by atoms with van der Waals surface area (Å²) in [6.07, 6.45) is 0.991. The number of para-hydroxylation sites is 1. The van der Waals surface area contributed by atoms with Crippen molar-refractivity contribution in [1.82, 2.24) is 10.3 Å². The number of hydrogen-bond acceptors (Lipinski definition) is 5. The Labute approximate surface area is 121 Å². The molecule has 1 aliphatic heterocycles. The van der Waals surface area contributed by atoms with Crippen LogP contribution in [0.1, 0.15) is 23.2 Å². The first-order valence-electron chi connectivity index (χ1n) is 6.57. The molecule has 1 heterocycles. The van der Waals surface area contributed by atoms with Crippen LogP contribution < -0.4 is 11.3 Å². The Balaban J connectivity index is 2.09. The molecule has 21 heavy (non-hydrogen) atoms. The molecule has 1 fully saturated rings. The van der Waals surface area contributed by atoms with Crippen LogP contribution in [0.25, 0.3) is 0 Å². The Bertz CT molecular complexity index is 567. The highest BCUT2D eigenvalue weighted by atomic mass is 16.6. The topological polar surface area (TPSA) is 119 Å². The monoisotopic (exact) mass is 292 g/mol. The summed E-state index contributed by atoms with van der Waals surface area (Å²) >= 11 is 0. The van der Waals surface area contributed by atoms with Crippen LogP contribution in [-0.4, -0.2) is 34.7 Å². The summed E-state index contributed by atoms with van der Waals surface area (Å²) < 4.78 is 0. The van der Waals surface area contributed by atoms with Crippen LogP contribution in [-0.2, 0) is 4.79 Å². The first-order valence-corrected chi connectivity index (χ1v) is 6.57. The van der Waals surface area contributed by atoms with E-state index in [0.29, 0.717) is 25.9 Å². The van der Waals surface area contributed by atoms with Crippen molar-refractivity contribution in [3.63, 3.8) is 0 Å². The molecule has 0 aromatic heterocycles. The van der Waals surface area contributed by atoms with Gasteiger partial charge in [0.25, 0.3) is 11.6 Å². The van der Waals surface area contributed by atoms with Gasteiger partial charge in [-0.2, -0.15) is 0 Å². The van der Waals surface area contributed by atoms with Gasteiger partial charge in [-0.05, 0) is 18.9 Å². The minimum Gasteiger partial charge on any atom is -0.338 e. The molecular weight excluding hydrogens is 276 g/mol. The average Bonchev–Trinajstić information content (AvgIpc) is 2.53. The Hall–Kier alpha value is -2.48. The number of carbonyl (C=O) groups is 2. The molecule has 0 saturated carbocycles. The number of piperidine rings is 1. The van der Waals surface area contributed by atoms with Gasteiger partial charge in [-0.25, -0.2) is 5.84 Å². The fourth-order valence-corrected chi connectivity index (χ4v) is 2.45. The number of nitrogens with zero attached hydrogens (tertiary/aromatic N) is 2. The third-order valence-electron chi connectivity index (χ3n) is 3.63. The van der Waals surface area contributed by atoms with Crippen molar-refractivity contribution in [3.8, 4) is 0 Å². The number of amides is 2. The largest absolute Gasteiger partial charge is 0.338 e. The summed E-state index contributed by atoms with van der Waals surface area (Å²) in [7, 11) is 0. The highest BCUT2D eigenvalue weighted by molar-refractivity contribution is 5.98. The normalized spacial score (nSPS) is 15.6. The summed E-state index contributed by atoms with van der Waals surface area (Å²) in [4.78, 5) is 35.7. The minimum absolute atomic E-state index is 0.0734. The van der Waals surface area contributed by atoms with Crippen LogP contribution in [0.3, 0.4) is 0 Å². The number of hydrogen-bond donors (Lipinski definition) is 2. The molecule has 1 aliphatic rings. The molecule has 0 bridgehead atoms. The van der Waals surface area contributed by atoms with Gasteiger partial charge in [0.05, 0.1) is 4.92 Å². The number of nitro benzene ring substituents is 1. The number of benzene rings is 1. The zero-order valence-corrected chi connectivity index (χ0v) is 11.3. The fraction of sp³-hybridized carbons (Fsp3) is 0.385. The molecule has 0 radical (unpaired) electrons. The summed E-state index contributed by atoms with van der Waals surface area (Å²) in [6.45, 7) is 0.756. The zero-order valence-electron chi connectivity index (χ0n) is 11.3. The van der Waals surface area contributed by atoms with Crippen molar-refractivity contribution in [2.45, 2.75) is 12.8 Å². The summed E-state index contributed by atoms with van der Waals surface area (Å²) in [5.41, 5.74) is 1.97. The van der Waals surface area contributed by atoms with E-state index in [0.717, 1.165) is 0 Å². The van der Waals surface area contributed by atoms with Gasteiger partial charge in [0.1, 0.15) is 5.56 Å². The van der Waals surface area contributed by atoms with Crippen molar-refractivity contribution < 1.29 is 14.5 Å². The van der Waals surface area contributed by atoms with E-state index in [1.165, 1.54) is 23.1 Å². The fourth-order valence-electron chi connectivity index (χ4n) is 2.45. The lowest BCUT2D eigenvalue weighted by Crippen LogP contribution is -2.44. The quantitative estimate of drug-likeness (QED) is 0.362. The van der Waals surface area contributed by atoms with E-state index in [1.54, 1.807) is 6.07 Å². The summed E-state index contributed by atoms with van der Waals surface area (Å²) in [5.74, 6) is 4.25. The molecule has 112 valence electrons. The predicted octanol–water partition coefficient (Wildman–Crippen LogP) is 0.437. The molecule has 8 heteroatoms. The van der Waals surface area contributed by atoms with Crippen LogP contribution in [0.2, 0.25) is 0 Å². The first-order chi connectivity index (χ1) is 10.0. The van der Waals surface area contributed by atoms with Gasteiger partial charge in [-0.3, -0.25) is 25.1 Å². The van der Waals surface area contributed by atoms with Gasteiger partial charge in [0.2, 0.25) is 5.91 Å². The van der Waals surface area contributed by atoms with Gasteiger partial charge in [0.15, 0.2) is 0 Å². The summed E-state index contributed by atoms with van der Waals surface area (Å²) in [5, 5.41) is 11.0. The van der Waals surface area contributed by atoms with Gasteiger partial charge < -0.3 is 4.90 Å². The number of hydrazine groups is 1. The van der Waals surface area contributed by atoms with E-state index in [2.05, 4.69) is 5.43 Å². The lowest BCUT2D eigenvalue weighted by Gasteiger charge is -2.30. The predicted molar refractivity (Wildman–Crippen MR) is 74.1 cm³/mol. The lowest BCUT2D eigenvalue weighted by molar-refractivity contribution is -0.385. The van der Waals surface area contributed by atoms with Gasteiger partial charge in [-0.1, -0.05) is 12.1 Å². The van der Waals surface area contributed by atoms with Crippen molar-refractivity contribution in [1.29, 1.82) is 0 Å². The number of nitrogens with one attached hydrogen (secondary N) is 1. The van der Waals surface area contributed by atoms with Crippen LogP contribution in [0, 0.1) is 16.0 Å². The number of nitrogens with two attached hydrogens (primary N) is 1. The molecule has 1 saturated heterocycles. The third kappa shape index (κ3) is 3.16. The van der Waals surface area contributed by atoms with Crippen LogP contribution in [0.5, 0.6) is 0 Å². The van der Waals surface area contributed by atoms with Gasteiger partial charge in [-0.15, -0.1) is 0 Å². The van der Waals surface area contributed by atoms with E-state index in [4.69, 9.17) is 5.84 Å². The maximum atomic E-state index is 12.4. The molecule has 8 nitrogen and oxygen atoms in total. The maximum absolute atomic E-state index is 12.4. The molecule has 1 aromatic carbocycles. The molecule has 0 spiro atoms. The summed E-state index contributed by atoms with van der Waals surface area (Å²) in [6, 6.07) is 5.86. The van der Waals surface area contributed by atoms with Crippen molar-refractivity contribution >= 4 is 17.5 Å². The van der Waals surface area contributed by atoms with Crippen LogP contribution in [0.4, 0.5) is 5.69 Å². The van der Waals surface area contributed by atoms with Crippen molar-refractivity contribution in [3.05, 3.63) is 39.9 Å². The molecule has 0 aliphatic carbocycles. The number of carbonyl (C=O) groups excluding carboxylic acids is 2. The van der Waals surface area contributed by atoms with E-state index < -0.39 is 4.92 Å². The Morgan fingerprint density at radius 2 is 1.90 bits per heavy atom. The molecule has 2 amide bonds.